The smallest absolute Gasteiger partial charge is 0.352 e. The minimum absolute atomic E-state index is 0.244. The summed E-state index contributed by atoms with van der Waals surface area (Å²) in [6.07, 6.45) is 0. The van der Waals surface area contributed by atoms with E-state index in [0.717, 1.165) is 12.1 Å². The van der Waals surface area contributed by atoms with Gasteiger partial charge >= 0.3 is 5.97 Å². The van der Waals surface area contributed by atoms with E-state index in [4.69, 9.17) is 5.11 Å². The third-order valence-corrected chi connectivity index (χ3v) is 2.07. The lowest BCUT2D eigenvalue weighted by Gasteiger charge is -2.27. The van der Waals surface area contributed by atoms with E-state index >= 15 is 0 Å². The molecule has 0 aliphatic rings. The van der Waals surface area contributed by atoms with Crippen molar-refractivity contribution in [2.24, 2.45) is 0 Å². The molecule has 0 heterocycles. The Bertz CT molecular complexity index is 359. The third-order valence-electron chi connectivity index (χ3n) is 2.07. The van der Waals surface area contributed by atoms with Crippen LogP contribution in [0.1, 0.15) is 12.5 Å². The van der Waals surface area contributed by atoms with Crippen LogP contribution in [0.4, 0.5) is 13.2 Å². The number of halogens is 3. The second-order valence-electron chi connectivity index (χ2n) is 3.22. The van der Waals surface area contributed by atoms with Gasteiger partial charge in [-0.1, -0.05) is 30.3 Å². The van der Waals surface area contributed by atoms with Crippen molar-refractivity contribution in [3.8, 4) is 0 Å². The number of hydrogen-bond donors (Lipinski definition) is 1. The highest BCUT2D eigenvalue weighted by Crippen LogP contribution is 2.41. The Morgan fingerprint density at radius 1 is 1.20 bits per heavy atom. The molecule has 1 atom stereocenters. The van der Waals surface area contributed by atoms with Crippen molar-refractivity contribution in [1.82, 2.24) is 0 Å². The molecule has 0 aliphatic carbocycles. The summed E-state index contributed by atoms with van der Waals surface area (Å²) in [6, 6.07) is 6.13. The Balaban J connectivity index is 3.32. The van der Waals surface area contributed by atoms with E-state index in [-0.39, 0.29) is 6.92 Å². The van der Waals surface area contributed by atoms with Crippen molar-refractivity contribution in [3.63, 3.8) is 0 Å². The highest BCUT2D eigenvalue weighted by Gasteiger charge is 2.59. The molecule has 0 saturated carbocycles. The largest absolute Gasteiger partial charge is 0.478 e. The topological polar surface area (TPSA) is 37.3 Å². The van der Waals surface area contributed by atoms with E-state index in [9.17, 15) is 18.0 Å². The summed E-state index contributed by atoms with van der Waals surface area (Å²) < 4.78 is 39.7. The molecule has 0 aliphatic heterocycles. The molecule has 0 spiro atoms. The first-order valence-corrected chi connectivity index (χ1v) is 4.16. The minimum atomic E-state index is -3.99. The normalized spacial score (nSPS) is 15.7. The zero-order valence-electron chi connectivity index (χ0n) is 7.88. The van der Waals surface area contributed by atoms with Crippen LogP contribution in [0.25, 0.3) is 0 Å². The predicted octanol–water partition coefficient (Wildman–Crippen LogP) is 2.59. The predicted molar refractivity (Wildman–Crippen MR) is 47.5 cm³/mol. The summed E-state index contributed by atoms with van der Waals surface area (Å²) in [5.41, 5.74) is -4.25. The van der Waals surface area contributed by atoms with E-state index in [2.05, 4.69) is 0 Å². The number of hydrogen-bond acceptors (Lipinski definition) is 1. The number of carboxylic acid groups (broad SMARTS) is 1. The summed E-state index contributed by atoms with van der Waals surface area (Å²) in [5.74, 6) is -6.18. The Kier molecular flexibility index (Phi) is 2.75. The van der Waals surface area contributed by atoms with Gasteiger partial charge in [0.05, 0.1) is 0 Å². The van der Waals surface area contributed by atoms with Crippen molar-refractivity contribution in [2.75, 3.05) is 0 Å². The van der Waals surface area contributed by atoms with Crippen LogP contribution in [-0.2, 0) is 10.5 Å². The van der Waals surface area contributed by atoms with Crippen molar-refractivity contribution < 1.29 is 23.1 Å². The van der Waals surface area contributed by atoms with Crippen molar-refractivity contribution >= 4 is 5.97 Å². The van der Waals surface area contributed by atoms with Crippen LogP contribution in [0, 0.1) is 0 Å². The first-order valence-electron chi connectivity index (χ1n) is 4.16. The number of carboxylic acids is 1. The molecular weight excluding hydrogens is 209 g/mol. The molecule has 0 aromatic heterocycles. The van der Waals surface area contributed by atoms with Gasteiger partial charge in [-0.05, 0) is 0 Å². The molecule has 82 valence electrons. The van der Waals surface area contributed by atoms with E-state index < -0.39 is 23.1 Å². The van der Waals surface area contributed by atoms with Crippen LogP contribution >= 0.6 is 0 Å². The summed E-state index contributed by atoms with van der Waals surface area (Å²) in [5, 5.41) is 8.57. The summed E-state index contributed by atoms with van der Waals surface area (Å²) >= 11 is 0. The van der Waals surface area contributed by atoms with Crippen molar-refractivity contribution in [3.05, 3.63) is 35.9 Å². The molecular formula is C10H9F3O2. The lowest BCUT2D eigenvalue weighted by atomic mass is 9.90. The lowest BCUT2D eigenvalue weighted by Crippen LogP contribution is -2.46. The number of carbonyl (C=O) groups is 1. The maximum Gasteiger partial charge on any atom is 0.352 e. The van der Waals surface area contributed by atoms with E-state index in [1.807, 2.05) is 0 Å². The van der Waals surface area contributed by atoms with Gasteiger partial charge in [-0.25, -0.2) is 18.0 Å². The molecule has 0 fully saturated rings. The van der Waals surface area contributed by atoms with E-state index in [1.165, 1.54) is 18.2 Å². The molecule has 5 heteroatoms. The van der Waals surface area contributed by atoms with Gasteiger partial charge in [0.15, 0.2) is 0 Å². The number of alkyl halides is 3. The molecule has 1 rings (SSSR count). The first-order chi connectivity index (χ1) is 6.80. The average Bonchev–Trinajstić information content (AvgIpc) is 2.16. The second-order valence-corrected chi connectivity index (χ2v) is 3.22. The Labute approximate surface area is 84.3 Å². The zero-order chi connectivity index (χ0) is 11.7. The molecule has 0 bridgehead atoms. The van der Waals surface area contributed by atoms with Gasteiger partial charge in [0, 0.05) is 12.5 Å². The van der Waals surface area contributed by atoms with E-state index in [1.54, 1.807) is 0 Å². The van der Waals surface area contributed by atoms with E-state index in [0.29, 0.717) is 0 Å². The third kappa shape index (κ3) is 1.82. The molecule has 0 amide bonds. The fraction of sp³-hybridized carbons (Fsp3) is 0.300. The molecule has 15 heavy (non-hydrogen) atoms. The van der Waals surface area contributed by atoms with Gasteiger partial charge in [0.25, 0.3) is 11.6 Å². The molecule has 1 unspecified atom stereocenters. The fourth-order valence-corrected chi connectivity index (χ4v) is 1.23. The van der Waals surface area contributed by atoms with Gasteiger partial charge in [-0.3, -0.25) is 0 Å². The monoisotopic (exact) mass is 218 g/mol. The standard InChI is InChI=1S/C10H9F3O2/c1-9(11,12)10(13,8(14)15)7-5-3-2-4-6-7/h2-6H,1H3,(H,14,15). The number of rotatable bonds is 3. The maximum absolute atomic E-state index is 13.8. The van der Waals surface area contributed by atoms with Gasteiger partial charge in [-0.2, -0.15) is 0 Å². The molecule has 1 N–H and O–H groups in total. The van der Waals surface area contributed by atoms with Crippen LogP contribution in [0.2, 0.25) is 0 Å². The molecule has 0 radical (unpaired) electrons. The van der Waals surface area contributed by atoms with Crippen LogP contribution in [0.3, 0.4) is 0 Å². The van der Waals surface area contributed by atoms with Gasteiger partial charge in [0.2, 0.25) is 0 Å². The maximum atomic E-state index is 13.8. The quantitative estimate of drug-likeness (QED) is 0.846. The number of benzene rings is 1. The highest BCUT2D eigenvalue weighted by atomic mass is 19.3. The van der Waals surface area contributed by atoms with Crippen LogP contribution in [0.5, 0.6) is 0 Å². The molecule has 0 saturated heterocycles. The van der Waals surface area contributed by atoms with Crippen LogP contribution < -0.4 is 0 Å². The van der Waals surface area contributed by atoms with Gasteiger partial charge in [0.1, 0.15) is 0 Å². The first kappa shape index (κ1) is 11.6. The highest BCUT2D eigenvalue weighted by molar-refractivity contribution is 5.80. The molecule has 2 nitrogen and oxygen atoms in total. The Hall–Kier alpha value is -1.52. The fourth-order valence-electron chi connectivity index (χ4n) is 1.23. The van der Waals surface area contributed by atoms with Crippen LogP contribution in [-0.4, -0.2) is 17.0 Å². The molecule has 1 aromatic rings. The van der Waals surface area contributed by atoms with Gasteiger partial charge < -0.3 is 5.11 Å². The number of aliphatic carboxylic acids is 1. The lowest BCUT2D eigenvalue weighted by molar-refractivity contribution is -0.183. The van der Waals surface area contributed by atoms with Gasteiger partial charge in [-0.15, -0.1) is 0 Å². The van der Waals surface area contributed by atoms with Crippen molar-refractivity contribution in [1.29, 1.82) is 0 Å². The summed E-state index contributed by atoms with van der Waals surface area (Å²) in [4.78, 5) is 10.6. The SMILES string of the molecule is CC(F)(F)C(F)(C(=O)O)c1ccccc1. The Morgan fingerprint density at radius 3 is 2.00 bits per heavy atom. The Morgan fingerprint density at radius 2 is 1.67 bits per heavy atom. The average molecular weight is 218 g/mol. The summed E-state index contributed by atoms with van der Waals surface area (Å²) in [7, 11) is 0. The molecule has 1 aromatic carbocycles. The summed E-state index contributed by atoms with van der Waals surface area (Å²) in [6.45, 7) is 0.244. The zero-order valence-corrected chi connectivity index (χ0v) is 7.88. The van der Waals surface area contributed by atoms with Crippen LogP contribution in [0.15, 0.2) is 30.3 Å². The second kappa shape index (κ2) is 3.56. The minimum Gasteiger partial charge on any atom is -0.478 e. The van der Waals surface area contributed by atoms with Crippen molar-refractivity contribution in [2.45, 2.75) is 18.5 Å².